The Kier molecular flexibility index (Phi) is 3.54. The number of hydrogen-bond acceptors (Lipinski definition) is 2. The van der Waals surface area contributed by atoms with Gasteiger partial charge in [-0.25, -0.2) is 4.98 Å². The van der Waals surface area contributed by atoms with Crippen LogP contribution < -0.4 is 0 Å². The van der Waals surface area contributed by atoms with Crippen molar-refractivity contribution in [3.63, 3.8) is 0 Å². The third kappa shape index (κ3) is 2.97. The fourth-order valence-corrected chi connectivity index (χ4v) is 1.85. The van der Waals surface area contributed by atoms with Gasteiger partial charge >= 0.3 is 6.18 Å². The molecule has 94 valence electrons. The lowest BCUT2D eigenvalue weighted by atomic mass is 10.1. The zero-order valence-electron chi connectivity index (χ0n) is 8.75. The van der Waals surface area contributed by atoms with Crippen molar-refractivity contribution in [1.29, 1.82) is 0 Å². The molecule has 0 radical (unpaired) electrons. The normalized spacial score (nSPS) is 11.6. The smallest absolute Gasteiger partial charge is 0.336 e. The van der Waals surface area contributed by atoms with E-state index in [1.54, 1.807) is 24.3 Å². The van der Waals surface area contributed by atoms with Crippen molar-refractivity contribution in [3.8, 4) is 11.3 Å². The second kappa shape index (κ2) is 4.81. The molecule has 7 heteroatoms. The summed E-state index contributed by atoms with van der Waals surface area (Å²) in [5.41, 5.74) is 0.895. The summed E-state index contributed by atoms with van der Waals surface area (Å²) in [5.74, 6) is -1.09. The molecule has 0 aliphatic heterocycles. The first-order valence-corrected chi connectivity index (χ1v) is 6.01. The minimum absolute atomic E-state index is 0.0982. The molecule has 1 heterocycles. The topological polar surface area (TPSA) is 28.7 Å². The van der Waals surface area contributed by atoms with Gasteiger partial charge in [0.25, 0.3) is 0 Å². The van der Waals surface area contributed by atoms with Gasteiger partial charge in [-0.15, -0.1) is 0 Å². The van der Waals surface area contributed by atoms with E-state index in [9.17, 15) is 13.2 Å². The lowest BCUT2D eigenvalue weighted by molar-refractivity contribution is -0.144. The summed E-state index contributed by atoms with van der Waals surface area (Å²) < 4.78 is 38.5. The number of rotatable bonds is 1. The Hall–Kier alpha value is -1.21. The van der Waals surface area contributed by atoms with E-state index >= 15 is 0 Å². The first-order chi connectivity index (χ1) is 8.36. The zero-order valence-corrected chi connectivity index (χ0v) is 11.2. The molecule has 0 amide bonds. The maximum atomic E-state index is 12.6. The Morgan fingerprint density at radius 3 is 2.33 bits per heavy atom. The number of alkyl halides is 3. The second-order valence-electron chi connectivity index (χ2n) is 3.49. The minimum Gasteiger partial charge on any atom is -0.336 e. The van der Waals surface area contributed by atoms with Gasteiger partial charge in [0, 0.05) is 10.2 Å². The SMILES string of the molecule is FC(F)(F)c1nc(=S)cc(-c2ccc(Br)cc2)[nH]1. The van der Waals surface area contributed by atoms with Gasteiger partial charge in [-0.1, -0.05) is 40.3 Å². The molecule has 18 heavy (non-hydrogen) atoms. The van der Waals surface area contributed by atoms with Crippen molar-refractivity contribution in [2.75, 3.05) is 0 Å². The van der Waals surface area contributed by atoms with Crippen LogP contribution >= 0.6 is 28.1 Å². The zero-order chi connectivity index (χ0) is 13.3. The number of halogens is 4. The highest BCUT2D eigenvalue weighted by atomic mass is 79.9. The van der Waals surface area contributed by atoms with Crippen LogP contribution in [0.4, 0.5) is 13.2 Å². The Morgan fingerprint density at radius 1 is 1.17 bits per heavy atom. The second-order valence-corrected chi connectivity index (χ2v) is 4.82. The Labute approximate surface area is 114 Å². The van der Waals surface area contributed by atoms with Crippen molar-refractivity contribution >= 4 is 28.1 Å². The lowest BCUT2D eigenvalue weighted by Crippen LogP contribution is -2.11. The van der Waals surface area contributed by atoms with Gasteiger partial charge in [0.2, 0.25) is 5.82 Å². The number of aromatic nitrogens is 2. The van der Waals surface area contributed by atoms with Crippen molar-refractivity contribution < 1.29 is 13.2 Å². The predicted molar refractivity (Wildman–Crippen MR) is 67.6 cm³/mol. The lowest BCUT2D eigenvalue weighted by Gasteiger charge is -2.08. The summed E-state index contributed by atoms with van der Waals surface area (Å²) in [6.45, 7) is 0. The first-order valence-electron chi connectivity index (χ1n) is 4.81. The van der Waals surface area contributed by atoms with Gasteiger partial charge in [0.15, 0.2) is 0 Å². The third-order valence-corrected chi connectivity index (χ3v) is 2.90. The van der Waals surface area contributed by atoms with E-state index in [1.165, 1.54) is 6.07 Å². The van der Waals surface area contributed by atoms with E-state index < -0.39 is 12.0 Å². The van der Waals surface area contributed by atoms with E-state index in [2.05, 4.69) is 25.9 Å². The number of H-pyrrole nitrogens is 1. The van der Waals surface area contributed by atoms with Crippen molar-refractivity contribution in [2.45, 2.75) is 6.18 Å². The summed E-state index contributed by atoms with van der Waals surface area (Å²) >= 11 is 8.00. The summed E-state index contributed by atoms with van der Waals surface area (Å²) in [6.07, 6.45) is -4.54. The Bertz CT molecular complexity index is 619. The monoisotopic (exact) mass is 334 g/mol. The standard InChI is InChI=1S/C11H6BrF3N2S/c12-7-3-1-6(2-4-7)8-5-9(18)17-10(16-8)11(13,14)15/h1-5H,(H,16,17,18). The molecule has 0 saturated carbocycles. The van der Waals surface area contributed by atoms with Gasteiger partial charge in [-0.2, -0.15) is 13.2 Å². The maximum Gasteiger partial charge on any atom is 0.449 e. The van der Waals surface area contributed by atoms with Gasteiger partial charge < -0.3 is 4.98 Å². The predicted octanol–water partition coefficient (Wildman–Crippen LogP) is 4.59. The van der Waals surface area contributed by atoms with Crippen LogP contribution in [0.2, 0.25) is 0 Å². The number of benzene rings is 1. The van der Waals surface area contributed by atoms with Crippen LogP contribution in [0, 0.1) is 4.64 Å². The molecular weight excluding hydrogens is 329 g/mol. The van der Waals surface area contributed by atoms with E-state index in [-0.39, 0.29) is 10.3 Å². The van der Waals surface area contributed by atoms with Gasteiger partial charge in [-0.05, 0) is 23.8 Å². The molecule has 0 aliphatic carbocycles. The van der Waals surface area contributed by atoms with Crippen molar-refractivity contribution in [1.82, 2.24) is 9.97 Å². The molecule has 1 aromatic carbocycles. The summed E-state index contributed by atoms with van der Waals surface area (Å²) in [6, 6.07) is 8.24. The molecule has 2 rings (SSSR count). The first kappa shape index (κ1) is 13.2. The van der Waals surface area contributed by atoms with Crippen LogP contribution in [0.15, 0.2) is 34.8 Å². The molecule has 2 aromatic rings. The van der Waals surface area contributed by atoms with Crippen LogP contribution in [-0.2, 0) is 6.18 Å². The fraction of sp³-hybridized carbons (Fsp3) is 0.0909. The fourth-order valence-electron chi connectivity index (χ4n) is 1.38. The van der Waals surface area contributed by atoms with E-state index in [0.717, 1.165) is 4.47 Å². The molecule has 0 fully saturated rings. The Balaban J connectivity index is 2.55. The number of aromatic amines is 1. The van der Waals surface area contributed by atoms with Crippen LogP contribution in [-0.4, -0.2) is 9.97 Å². The van der Waals surface area contributed by atoms with Gasteiger partial charge in [-0.3, -0.25) is 0 Å². The van der Waals surface area contributed by atoms with Gasteiger partial charge in [0.05, 0.1) is 0 Å². The molecule has 0 atom stereocenters. The molecule has 1 N–H and O–H groups in total. The third-order valence-electron chi connectivity index (χ3n) is 2.17. The highest BCUT2D eigenvalue weighted by Gasteiger charge is 2.34. The molecular formula is C11H6BrF3N2S. The maximum absolute atomic E-state index is 12.6. The average molecular weight is 335 g/mol. The van der Waals surface area contributed by atoms with Gasteiger partial charge in [0.1, 0.15) is 4.64 Å². The summed E-state index contributed by atoms with van der Waals surface area (Å²) in [5, 5.41) is 0. The largest absolute Gasteiger partial charge is 0.449 e. The molecule has 0 saturated heterocycles. The van der Waals surface area contributed by atoms with E-state index in [1.807, 2.05) is 0 Å². The highest BCUT2D eigenvalue weighted by molar-refractivity contribution is 9.10. The van der Waals surface area contributed by atoms with Crippen LogP contribution in [0.5, 0.6) is 0 Å². The van der Waals surface area contributed by atoms with Crippen molar-refractivity contribution in [3.05, 3.63) is 45.3 Å². The molecule has 0 spiro atoms. The van der Waals surface area contributed by atoms with Crippen molar-refractivity contribution in [2.24, 2.45) is 0 Å². The highest BCUT2D eigenvalue weighted by Crippen LogP contribution is 2.28. The van der Waals surface area contributed by atoms with E-state index in [0.29, 0.717) is 5.56 Å². The van der Waals surface area contributed by atoms with E-state index in [4.69, 9.17) is 12.2 Å². The molecule has 0 unspecified atom stereocenters. The molecule has 1 aromatic heterocycles. The molecule has 0 bridgehead atoms. The summed E-state index contributed by atoms with van der Waals surface area (Å²) in [4.78, 5) is 5.52. The molecule has 2 nitrogen and oxygen atoms in total. The van der Waals surface area contributed by atoms with Crippen LogP contribution in [0.3, 0.4) is 0 Å². The minimum atomic E-state index is -4.54. The Morgan fingerprint density at radius 2 is 1.78 bits per heavy atom. The summed E-state index contributed by atoms with van der Waals surface area (Å²) in [7, 11) is 0. The quantitative estimate of drug-likeness (QED) is 0.773. The molecule has 0 aliphatic rings. The average Bonchev–Trinajstić information content (AvgIpc) is 2.28. The number of nitrogens with zero attached hydrogens (tertiary/aromatic N) is 1. The number of nitrogens with one attached hydrogen (secondary N) is 1. The van der Waals surface area contributed by atoms with Crippen LogP contribution in [0.1, 0.15) is 5.82 Å². The van der Waals surface area contributed by atoms with Crippen LogP contribution in [0.25, 0.3) is 11.3 Å². The number of hydrogen-bond donors (Lipinski definition) is 1.